The molecular weight excluding hydrogens is 210 g/mol. The van der Waals surface area contributed by atoms with Crippen molar-refractivity contribution in [2.45, 2.75) is 84.2 Å². The van der Waals surface area contributed by atoms with E-state index in [-0.39, 0.29) is 5.92 Å². The van der Waals surface area contributed by atoms with Crippen molar-refractivity contribution in [3.8, 4) is 6.07 Å². The average Bonchev–Trinajstić information content (AvgIpc) is 2.34. The zero-order valence-electron chi connectivity index (χ0n) is 11.6. The molecule has 0 radical (unpaired) electrons. The van der Waals surface area contributed by atoms with Crippen LogP contribution in [0, 0.1) is 17.2 Å². The van der Waals surface area contributed by atoms with Gasteiger partial charge in [-0.3, -0.25) is 0 Å². The Labute approximate surface area is 107 Å². The zero-order chi connectivity index (χ0) is 12.9. The van der Waals surface area contributed by atoms with Gasteiger partial charge in [0.25, 0.3) is 0 Å². The van der Waals surface area contributed by atoms with Crippen molar-refractivity contribution in [3.63, 3.8) is 0 Å². The normalized spacial score (nSPS) is 14.2. The van der Waals surface area contributed by atoms with E-state index in [1.165, 1.54) is 38.5 Å². The number of nitrogens with zero attached hydrogens (tertiary/aromatic N) is 1. The number of rotatable bonds is 11. The lowest BCUT2D eigenvalue weighted by atomic mass is 9.94. The highest BCUT2D eigenvalue weighted by Crippen LogP contribution is 2.17. The fraction of sp³-hybridized carbons (Fsp3) is 0.933. The van der Waals surface area contributed by atoms with Crippen molar-refractivity contribution in [3.05, 3.63) is 0 Å². The van der Waals surface area contributed by atoms with Gasteiger partial charge in [-0.05, 0) is 12.8 Å². The van der Waals surface area contributed by atoms with E-state index < -0.39 is 6.10 Å². The van der Waals surface area contributed by atoms with E-state index in [2.05, 4.69) is 19.9 Å². The van der Waals surface area contributed by atoms with Gasteiger partial charge >= 0.3 is 0 Å². The van der Waals surface area contributed by atoms with E-state index in [4.69, 9.17) is 5.26 Å². The Kier molecular flexibility index (Phi) is 11.5. The summed E-state index contributed by atoms with van der Waals surface area (Å²) in [4.78, 5) is 0. The number of unbranched alkanes of at least 4 members (excludes halogenated alkanes) is 6. The second-order valence-corrected chi connectivity index (χ2v) is 5.00. The molecule has 0 spiro atoms. The van der Waals surface area contributed by atoms with Crippen LogP contribution in [0.25, 0.3) is 0 Å². The van der Waals surface area contributed by atoms with Crippen LogP contribution in [0.4, 0.5) is 0 Å². The maximum absolute atomic E-state index is 9.86. The summed E-state index contributed by atoms with van der Waals surface area (Å²) < 4.78 is 0. The highest BCUT2D eigenvalue weighted by molar-refractivity contribution is 4.87. The van der Waals surface area contributed by atoms with Crippen molar-refractivity contribution in [2.75, 3.05) is 0 Å². The first-order valence-corrected chi connectivity index (χ1v) is 7.33. The van der Waals surface area contributed by atoms with Crippen molar-refractivity contribution in [1.29, 1.82) is 5.26 Å². The van der Waals surface area contributed by atoms with E-state index >= 15 is 0 Å². The van der Waals surface area contributed by atoms with Crippen molar-refractivity contribution >= 4 is 0 Å². The maximum Gasteiger partial charge on any atom is 0.0722 e. The predicted molar refractivity (Wildman–Crippen MR) is 72.6 cm³/mol. The van der Waals surface area contributed by atoms with E-state index in [1.54, 1.807) is 0 Å². The van der Waals surface area contributed by atoms with Gasteiger partial charge in [-0.25, -0.2) is 0 Å². The first-order chi connectivity index (χ1) is 8.26. The van der Waals surface area contributed by atoms with Crippen molar-refractivity contribution < 1.29 is 5.11 Å². The molecule has 1 N–H and O–H groups in total. The van der Waals surface area contributed by atoms with Crippen LogP contribution in [-0.4, -0.2) is 11.2 Å². The number of aliphatic hydroxyl groups excluding tert-OH is 1. The van der Waals surface area contributed by atoms with Gasteiger partial charge in [0.15, 0.2) is 0 Å². The third kappa shape index (κ3) is 9.18. The van der Waals surface area contributed by atoms with Gasteiger partial charge < -0.3 is 5.11 Å². The highest BCUT2D eigenvalue weighted by Gasteiger charge is 2.16. The predicted octanol–water partition coefficient (Wildman–Crippen LogP) is 4.43. The Balaban J connectivity index is 3.43. The largest absolute Gasteiger partial charge is 0.392 e. The minimum atomic E-state index is -0.407. The number of aliphatic hydroxyl groups is 1. The molecule has 0 rings (SSSR count). The molecule has 0 saturated heterocycles. The zero-order valence-corrected chi connectivity index (χ0v) is 11.6. The molecule has 2 unspecified atom stereocenters. The SMILES string of the molecule is CCCCCCCCCC(O)C(C#N)CCC. The van der Waals surface area contributed by atoms with Gasteiger partial charge in [0.2, 0.25) is 0 Å². The Morgan fingerprint density at radius 2 is 1.47 bits per heavy atom. The Morgan fingerprint density at radius 1 is 0.882 bits per heavy atom. The van der Waals surface area contributed by atoms with Gasteiger partial charge in [0.1, 0.15) is 0 Å². The molecule has 2 nitrogen and oxygen atoms in total. The van der Waals surface area contributed by atoms with Crippen molar-refractivity contribution in [2.24, 2.45) is 5.92 Å². The molecular formula is C15H29NO. The third-order valence-electron chi connectivity index (χ3n) is 3.33. The van der Waals surface area contributed by atoms with Crippen LogP contribution in [0.5, 0.6) is 0 Å². The van der Waals surface area contributed by atoms with Gasteiger partial charge in [0.05, 0.1) is 18.1 Å². The fourth-order valence-electron chi connectivity index (χ4n) is 2.17. The molecule has 0 aliphatic heterocycles. The standard InChI is InChI=1S/C15H29NO/c1-3-5-6-7-8-9-10-12-15(17)14(13-16)11-4-2/h14-15,17H,3-12H2,1-2H3. The second kappa shape index (κ2) is 11.9. The summed E-state index contributed by atoms with van der Waals surface area (Å²) in [6.07, 6.45) is 11.0. The van der Waals surface area contributed by atoms with E-state index in [9.17, 15) is 5.11 Å². The minimum absolute atomic E-state index is 0.153. The topological polar surface area (TPSA) is 44.0 Å². The molecule has 100 valence electrons. The lowest BCUT2D eigenvalue weighted by molar-refractivity contribution is 0.116. The molecule has 0 heterocycles. The molecule has 0 aromatic carbocycles. The van der Waals surface area contributed by atoms with Crippen LogP contribution in [-0.2, 0) is 0 Å². The average molecular weight is 239 g/mol. The third-order valence-corrected chi connectivity index (χ3v) is 3.33. The summed E-state index contributed by atoms with van der Waals surface area (Å²) in [6.45, 7) is 4.29. The Morgan fingerprint density at radius 3 is 2.00 bits per heavy atom. The summed E-state index contributed by atoms with van der Waals surface area (Å²) in [5.74, 6) is -0.153. The quantitative estimate of drug-likeness (QED) is 0.542. The van der Waals surface area contributed by atoms with Crippen LogP contribution in [0.3, 0.4) is 0 Å². The fourth-order valence-corrected chi connectivity index (χ4v) is 2.17. The minimum Gasteiger partial charge on any atom is -0.392 e. The molecule has 17 heavy (non-hydrogen) atoms. The molecule has 0 aromatic rings. The van der Waals surface area contributed by atoms with Crippen LogP contribution in [0.1, 0.15) is 78.1 Å². The first-order valence-electron chi connectivity index (χ1n) is 7.33. The molecule has 2 heteroatoms. The smallest absolute Gasteiger partial charge is 0.0722 e. The molecule has 0 saturated carbocycles. The molecule has 0 amide bonds. The first kappa shape index (κ1) is 16.4. The molecule has 0 fully saturated rings. The van der Waals surface area contributed by atoms with E-state index in [0.29, 0.717) is 0 Å². The summed E-state index contributed by atoms with van der Waals surface area (Å²) in [5.41, 5.74) is 0. The molecule has 0 aliphatic rings. The van der Waals surface area contributed by atoms with Gasteiger partial charge in [-0.2, -0.15) is 5.26 Å². The van der Waals surface area contributed by atoms with Crippen LogP contribution >= 0.6 is 0 Å². The summed E-state index contributed by atoms with van der Waals surface area (Å²) in [5, 5.41) is 18.8. The van der Waals surface area contributed by atoms with Gasteiger partial charge in [-0.15, -0.1) is 0 Å². The lowest BCUT2D eigenvalue weighted by Crippen LogP contribution is -2.18. The summed E-state index contributed by atoms with van der Waals surface area (Å²) >= 11 is 0. The Bertz CT molecular complexity index is 198. The molecule has 0 aliphatic carbocycles. The molecule has 0 bridgehead atoms. The maximum atomic E-state index is 9.86. The van der Waals surface area contributed by atoms with Gasteiger partial charge in [-0.1, -0.05) is 65.2 Å². The number of hydrogen-bond acceptors (Lipinski definition) is 2. The number of nitriles is 1. The van der Waals surface area contributed by atoms with Crippen LogP contribution in [0.2, 0.25) is 0 Å². The summed E-state index contributed by atoms with van der Waals surface area (Å²) in [6, 6.07) is 2.22. The second-order valence-electron chi connectivity index (χ2n) is 5.00. The highest BCUT2D eigenvalue weighted by atomic mass is 16.3. The lowest BCUT2D eigenvalue weighted by Gasteiger charge is -2.15. The molecule has 2 atom stereocenters. The van der Waals surface area contributed by atoms with Crippen LogP contribution in [0.15, 0.2) is 0 Å². The van der Waals surface area contributed by atoms with Crippen molar-refractivity contribution in [1.82, 2.24) is 0 Å². The van der Waals surface area contributed by atoms with Gasteiger partial charge in [0, 0.05) is 0 Å². The molecule has 0 aromatic heterocycles. The Hall–Kier alpha value is -0.550. The van der Waals surface area contributed by atoms with Crippen LogP contribution < -0.4 is 0 Å². The number of hydrogen-bond donors (Lipinski definition) is 1. The monoisotopic (exact) mass is 239 g/mol. The van der Waals surface area contributed by atoms with E-state index in [1.807, 2.05) is 0 Å². The summed E-state index contributed by atoms with van der Waals surface area (Å²) in [7, 11) is 0. The van der Waals surface area contributed by atoms with E-state index in [0.717, 1.165) is 25.7 Å².